The Balaban J connectivity index is 2.40. The van der Waals surface area contributed by atoms with Crippen molar-refractivity contribution in [2.45, 2.75) is 12.8 Å². The van der Waals surface area contributed by atoms with Crippen molar-refractivity contribution in [1.29, 1.82) is 0 Å². The fourth-order valence-corrected chi connectivity index (χ4v) is 2.45. The maximum atomic E-state index is 11.7. The zero-order valence-electron chi connectivity index (χ0n) is 9.87. The fourth-order valence-electron chi connectivity index (χ4n) is 1.89. The number of ether oxygens (including phenoxy) is 1. The standard InChI is InChI=1S/C13H14BrNO2/c1-15-12(4-3-5-13(15)16)10-7-6-9(17-2)8-11(10)14/h4,6-8H,3,5H2,1-2H3. The van der Waals surface area contributed by atoms with Gasteiger partial charge in [-0.3, -0.25) is 4.79 Å². The van der Waals surface area contributed by atoms with E-state index in [2.05, 4.69) is 22.0 Å². The Morgan fingerprint density at radius 3 is 2.82 bits per heavy atom. The van der Waals surface area contributed by atoms with Crippen molar-refractivity contribution >= 4 is 27.5 Å². The third-order valence-electron chi connectivity index (χ3n) is 2.88. The number of rotatable bonds is 2. The summed E-state index contributed by atoms with van der Waals surface area (Å²) < 4.78 is 6.09. The van der Waals surface area contributed by atoms with Gasteiger partial charge in [0, 0.05) is 29.2 Å². The number of allylic oxidation sites excluding steroid dienone is 1. The lowest BCUT2D eigenvalue weighted by atomic mass is 10.1. The molecule has 1 amide bonds. The second-order valence-electron chi connectivity index (χ2n) is 3.93. The monoisotopic (exact) mass is 295 g/mol. The molecule has 17 heavy (non-hydrogen) atoms. The van der Waals surface area contributed by atoms with Crippen molar-refractivity contribution < 1.29 is 9.53 Å². The molecule has 0 fully saturated rings. The van der Waals surface area contributed by atoms with Crippen LogP contribution in [0.2, 0.25) is 0 Å². The number of halogens is 1. The van der Waals surface area contributed by atoms with E-state index in [1.165, 1.54) is 0 Å². The van der Waals surface area contributed by atoms with E-state index in [0.717, 1.165) is 27.9 Å². The van der Waals surface area contributed by atoms with E-state index in [9.17, 15) is 4.79 Å². The summed E-state index contributed by atoms with van der Waals surface area (Å²) >= 11 is 3.51. The molecule has 2 rings (SSSR count). The molecular formula is C13H14BrNO2. The zero-order valence-corrected chi connectivity index (χ0v) is 11.5. The first kappa shape index (κ1) is 12.2. The number of carbonyl (C=O) groups excluding carboxylic acids is 1. The SMILES string of the molecule is COc1ccc(C2=CCCC(=O)N2C)c(Br)c1. The van der Waals surface area contributed by atoms with Gasteiger partial charge in [0.2, 0.25) is 5.91 Å². The summed E-state index contributed by atoms with van der Waals surface area (Å²) in [4.78, 5) is 13.4. The van der Waals surface area contributed by atoms with Gasteiger partial charge < -0.3 is 9.64 Å². The molecule has 0 aliphatic carbocycles. The Hall–Kier alpha value is -1.29. The largest absolute Gasteiger partial charge is 0.497 e. The minimum atomic E-state index is 0.158. The minimum Gasteiger partial charge on any atom is -0.497 e. The second kappa shape index (κ2) is 4.92. The van der Waals surface area contributed by atoms with Crippen LogP contribution in [0, 0.1) is 0 Å². The van der Waals surface area contributed by atoms with Gasteiger partial charge in [-0.2, -0.15) is 0 Å². The van der Waals surface area contributed by atoms with Crippen LogP contribution >= 0.6 is 15.9 Å². The van der Waals surface area contributed by atoms with E-state index in [1.54, 1.807) is 12.0 Å². The topological polar surface area (TPSA) is 29.5 Å². The fraction of sp³-hybridized carbons (Fsp3) is 0.308. The number of methoxy groups -OCH3 is 1. The zero-order chi connectivity index (χ0) is 12.4. The molecule has 1 aromatic carbocycles. The van der Waals surface area contributed by atoms with E-state index in [0.29, 0.717) is 6.42 Å². The molecule has 0 N–H and O–H groups in total. The molecule has 0 unspecified atom stereocenters. The predicted molar refractivity (Wildman–Crippen MR) is 70.7 cm³/mol. The molecule has 0 atom stereocenters. The maximum absolute atomic E-state index is 11.7. The van der Waals surface area contributed by atoms with Crippen LogP contribution in [0.5, 0.6) is 5.75 Å². The summed E-state index contributed by atoms with van der Waals surface area (Å²) in [5.41, 5.74) is 1.97. The summed E-state index contributed by atoms with van der Waals surface area (Å²) in [7, 11) is 3.45. The Bertz CT molecular complexity index is 482. The molecule has 0 bridgehead atoms. The summed E-state index contributed by atoms with van der Waals surface area (Å²) in [6.07, 6.45) is 3.48. The van der Waals surface area contributed by atoms with Gasteiger partial charge in [0.1, 0.15) is 5.75 Å². The number of hydrogen-bond donors (Lipinski definition) is 0. The van der Waals surface area contributed by atoms with Gasteiger partial charge in [0.15, 0.2) is 0 Å². The van der Waals surface area contributed by atoms with Crippen LogP contribution in [0.4, 0.5) is 0 Å². The average molecular weight is 296 g/mol. The molecule has 0 saturated carbocycles. The molecule has 3 nitrogen and oxygen atoms in total. The highest BCUT2D eigenvalue weighted by molar-refractivity contribution is 9.10. The highest BCUT2D eigenvalue weighted by atomic mass is 79.9. The lowest BCUT2D eigenvalue weighted by Gasteiger charge is -2.25. The van der Waals surface area contributed by atoms with E-state index < -0.39 is 0 Å². The third-order valence-corrected chi connectivity index (χ3v) is 3.54. The highest BCUT2D eigenvalue weighted by Gasteiger charge is 2.20. The van der Waals surface area contributed by atoms with Crippen LogP contribution in [-0.2, 0) is 4.79 Å². The van der Waals surface area contributed by atoms with Gasteiger partial charge in [-0.25, -0.2) is 0 Å². The maximum Gasteiger partial charge on any atom is 0.227 e. The van der Waals surface area contributed by atoms with E-state index in [-0.39, 0.29) is 5.91 Å². The summed E-state index contributed by atoms with van der Waals surface area (Å²) in [6, 6.07) is 5.76. The molecule has 1 aliphatic heterocycles. The van der Waals surface area contributed by atoms with Crippen molar-refractivity contribution in [3.63, 3.8) is 0 Å². The molecule has 4 heteroatoms. The molecule has 1 aromatic rings. The predicted octanol–water partition coefficient (Wildman–Crippen LogP) is 3.05. The lowest BCUT2D eigenvalue weighted by Crippen LogP contribution is -2.27. The first-order valence-corrected chi connectivity index (χ1v) is 6.23. The van der Waals surface area contributed by atoms with Gasteiger partial charge in [-0.15, -0.1) is 0 Å². The van der Waals surface area contributed by atoms with E-state index in [4.69, 9.17) is 4.74 Å². The number of hydrogen-bond acceptors (Lipinski definition) is 2. The molecule has 0 saturated heterocycles. The summed E-state index contributed by atoms with van der Waals surface area (Å²) in [5.74, 6) is 0.955. The highest BCUT2D eigenvalue weighted by Crippen LogP contribution is 2.32. The van der Waals surface area contributed by atoms with Crippen molar-refractivity contribution in [3.8, 4) is 5.75 Å². The van der Waals surface area contributed by atoms with Gasteiger partial charge in [-0.05, 0) is 40.5 Å². The average Bonchev–Trinajstić information content (AvgIpc) is 2.33. The second-order valence-corrected chi connectivity index (χ2v) is 4.78. The van der Waals surface area contributed by atoms with Crippen LogP contribution in [-0.4, -0.2) is 25.0 Å². The molecule has 1 heterocycles. The van der Waals surface area contributed by atoms with Gasteiger partial charge >= 0.3 is 0 Å². The Kier molecular flexibility index (Phi) is 3.52. The molecule has 1 aliphatic rings. The Morgan fingerprint density at radius 2 is 2.18 bits per heavy atom. The van der Waals surface area contributed by atoms with Gasteiger partial charge in [0.25, 0.3) is 0 Å². The van der Waals surface area contributed by atoms with Crippen molar-refractivity contribution in [1.82, 2.24) is 4.90 Å². The summed E-state index contributed by atoms with van der Waals surface area (Å²) in [5, 5.41) is 0. The van der Waals surface area contributed by atoms with Crippen molar-refractivity contribution in [2.75, 3.05) is 14.2 Å². The normalized spacial score (nSPS) is 15.8. The number of carbonyl (C=O) groups is 1. The molecule has 0 radical (unpaired) electrons. The number of amides is 1. The molecule has 90 valence electrons. The first-order valence-electron chi connectivity index (χ1n) is 5.44. The van der Waals surface area contributed by atoms with Crippen LogP contribution < -0.4 is 4.74 Å². The van der Waals surface area contributed by atoms with Crippen molar-refractivity contribution in [2.24, 2.45) is 0 Å². The lowest BCUT2D eigenvalue weighted by molar-refractivity contribution is -0.127. The smallest absolute Gasteiger partial charge is 0.227 e. The quantitative estimate of drug-likeness (QED) is 0.839. The minimum absolute atomic E-state index is 0.158. The molecule has 0 spiro atoms. The van der Waals surface area contributed by atoms with E-state index in [1.807, 2.05) is 25.2 Å². The van der Waals surface area contributed by atoms with Crippen LogP contribution in [0.15, 0.2) is 28.7 Å². The Labute approximate surface area is 109 Å². The molecular weight excluding hydrogens is 282 g/mol. The third kappa shape index (κ3) is 2.36. The van der Waals surface area contributed by atoms with Gasteiger partial charge in [0.05, 0.1) is 7.11 Å². The van der Waals surface area contributed by atoms with Gasteiger partial charge in [-0.1, -0.05) is 6.08 Å². The van der Waals surface area contributed by atoms with E-state index >= 15 is 0 Å². The summed E-state index contributed by atoms with van der Waals surface area (Å²) in [6.45, 7) is 0. The number of nitrogens with zero attached hydrogens (tertiary/aromatic N) is 1. The van der Waals surface area contributed by atoms with Crippen LogP contribution in [0.25, 0.3) is 5.70 Å². The molecule has 0 aromatic heterocycles. The van der Waals surface area contributed by atoms with Crippen molar-refractivity contribution in [3.05, 3.63) is 34.3 Å². The number of benzene rings is 1. The Morgan fingerprint density at radius 1 is 1.41 bits per heavy atom. The van der Waals surface area contributed by atoms with Crippen LogP contribution in [0.3, 0.4) is 0 Å². The first-order chi connectivity index (χ1) is 8.13. The van der Waals surface area contributed by atoms with Crippen LogP contribution in [0.1, 0.15) is 18.4 Å².